The van der Waals surface area contributed by atoms with Gasteiger partial charge in [0, 0.05) is 12.6 Å². The van der Waals surface area contributed by atoms with Crippen molar-refractivity contribution in [3.8, 4) is 5.75 Å². The Balaban J connectivity index is 1.69. The van der Waals surface area contributed by atoms with Crippen LogP contribution in [0.15, 0.2) is 77.4 Å². The van der Waals surface area contributed by atoms with Gasteiger partial charge in [0.2, 0.25) is 5.91 Å². The quantitative estimate of drug-likeness (QED) is 0.521. The minimum Gasteiger partial charge on any atom is -0.497 e. The first kappa shape index (κ1) is 22.6. The van der Waals surface area contributed by atoms with Crippen LogP contribution in [0.25, 0.3) is 0 Å². The Hall–Kier alpha value is -3.54. The Morgan fingerprint density at radius 2 is 1.73 bits per heavy atom. The lowest BCUT2D eigenvalue weighted by atomic mass is 9.94. The van der Waals surface area contributed by atoms with E-state index in [1.807, 2.05) is 54.6 Å². The normalized spacial score (nSPS) is 14.9. The average Bonchev–Trinajstić information content (AvgIpc) is 3.40. The maximum absolute atomic E-state index is 13.7. The Kier molecular flexibility index (Phi) is 7.45. The smallest absolute Gasteiger partial charge is 0.290 e. The van der Waals surface area contributed by atoms with E-state index >= 15 is 0 Å². The first-order valence-electron chi connectivity index (χ1n) is 11.5. The summed E-state index contributed by atoms with van der Waals surface area (Å²) in [6, 6.07) is 19.6. The SMILES string of the molecule is COc1ccc(CN(C(=O)c2ccco2)[C@@H](C(=O)NC2CCCCC2)c2ccccc2)cc1. The van der Waals surface area contributed by atoms with Crippen LogP contribution in [0.2, 0.25) is 0 Å². The van der Waals surface area contributed by atoms with Crippen molar-refractivity contribution in [3.05, 3.63) is 89.9 Å². The third-order valence-electron chi connectivity index (χ3n) is 6.13. The summed E-state index contributed by atoms with van der Waals surface area (Å²) in [5.74, 6) is 0.442. The first-order chi connectivity index (χ1) is 16.2. The molecule has 0 spiro atoms. The number of benzene rings is 2. The molecule has 4 rings (SSSR count). The van der Waals surface area contributed by atoms with Crippen LogP contribution in [0.3, 0.4) is 0 Å². The topological polar surface area (TPSA) is 71.8 Å². The Morgan fingerprint density at radius 3 is 2.36 bits per heavy atom. The molecule has 0 aliphatic heterocycles. The van der Waals surface area contributed by atoms with Crippen molar-refractivity contribution in [3.63, 3.8) is 0 Å². The minimum absolute atomic E-state index is 0.138. The summed E-state index contributed by atoms with van der Waals surface area (Å²) in [5, 5.41) is 3.22. The third-order valence-corrected chi connectivity index (χ3v) is 6.13. The highest BCUT2D eigenvalue weighted by Gasteiger charge is 2.34. The van der Waals surface area contributed by atoms with E-state index in [0.29, 0.717) is 0 Å². The zero-order valence-corrected chi connectivity index (χ0v) is 18.9. The average molecular weight is 447 g/mol. The van der Waals surface area contributed by atoms with E-state index in [1.165, 1.54) is 12.7 Å². The number of methoxy groups -OCH3 is 1. The van der Waals surface area contributed by atoms with Gasteiger partial charge in [0.15, 0.2) is 5.76 Å². The van der Waals surface area contributed by atoms with E-state index in [4.69, 9.17) is 9.15 Å². The van der Waals surface area contributed by atoms with Gasteiger partial charge >= 0.3 is 0 Å². The van der Waals surface area contributed by atoms with Crippen molar-refractivity contribution in [2.45, 2.75) is 50.7 Å². The number of furan rings is 1. The van der Waals surface area contributed by atoms with E-state index < -0.39 is 6.04 Å². The molecule has 6 nitrogen and oxygen atoms in total. The lowest BCUT2D eigenvalue weighted by Gasteiger charge is -2.33. The molecule has 0 radical (unpaired) electrons. The summed E-state index contributed by atoms with van der Waals surface area (Å²) in [6.45, 7) is 0.251. The zero-order chi connectivity index (χ0) is 23.0. The van der Waals surface area contributed by atoms with E-state index in [9.17, 15) is 9.59 Å². The second-order valence-corrected chi connectivity index (χ2v) is 8.42. The zero-order valence-electron chi connectivity index (χ0n) is 18.9. The fourth-order valence-corrected chi connectivity index (χ4v) is 4.39. The molecule has 1 aliphatic carbocycles. The van der Waals surface area contributed by atoms with Gasteiger partial charge in [0.25, 0.3) is 5.91 Å². The minimum atomic E-state index is -0.784. The van der Waals surface area contributed by atoms with Crippen molar-refractivity contribution >= 4 is 11.8 Å². The molecule has 1 atom stereocenters. The summed E-state index contributed by atoms with van der Waals surface area (Å²) in [5.41, 5.74) is 1.65. The molecule has 1 N–H and O–H groups in total. The molecule has 1 aliphatic rings. The number of nitrogens with one attached hydrogen (secondary N) is 1. The fraction of sp³-hybridized carbons (Fsp3) is 0.333. The summed E-state index contributed by atoms with van der Waals surface area (Å²) in [6.07, 6.45) is 6.84. The molecule has 1 aromatic heterocycles. The molecule has 33 heavy (non-hydrogen) atoms. The molecule has 1 fully saturated rings. The largest absolute Gasteiger partial charge is 0.497 e. The maximum Gasteiger partial charge on any atom is 0.290 e. The second-order valence-electron chi connectivity index (χ2n) is 8.42. The fourth-order valence-electron chi connectivity index (χ4n) is 4.39. The number of amides is 2. The monoisotopic (exact) mass is 446 g/mol. The van der Waals surface area contributed by atoms with Crippen LogP contribution in [0.4, 0.5) is 0 Å². The van der Waals surface area contributed by atoms with Crippen molar-refractivity contribution in [1.29, 1.82) is 0 Å². The molecular formula is C27H30N2O4. The molecule has 1 heterocycles. The van der Waals surface area contributed by atoms with Crippen molar-refractivity contribution in [1.82, 2.24) is 10.2 Å². The number of carbonyl (C=O) groups excluding carboxylic acids is 2. The van der Waals surface area contributed by atoms with Gasteiger partial charge in [0.1, 0.15) is 11.8 Å². The lowest BCUT2D eigenvalue weighted by Crippen LogP contribution is -2.46. The third kappa shape index (κ3) is 5.64. The molecule has 2 amide bonds. The number of rotatable bonds is 8. The number of ether oxygens (including phenoxy) is 1. The van der Waals surface area contributed by atoms with Gasteiger partial charge in [-0.1, -0.05) is 61.7 Å². The van der Waals surface area contributed by atoms with Gasteiger partial charge in [-0.2, -0.15) is 0 Å². The Bertz CT molecular complexity index is 1030. The second kappa shape index (κ2) is 10.9. The van der Waals surface area contributed by atoms with Gasteiger partial charge in [0.05, 0.1) is 13.4 Å². The van der Waals surface area contributed by atoms with Crippen molar-refractivity contribution in [2.75, 3.05) is 7.11 Å². The standard InChI is InChI=1S/C27H30N2O4/c1-32-23-16-14-20(15-17-23)19-29(27(31)24-13-8-18-33-24)25(21-9-4-2-5-10-21)26(30)28-22-11-6-3-7-12-22/h2,4-5,8-10,13-18,22,25H,3,6-7,11-12,19H2,1H3,(H,28,30)/t25-/m1/s1. The Labute approximate surface area is 194 Å². The van der Waals surface area contributed by atoms with Crippen LogP contribution in [0, 0.1) is 0 Å². The number of hydrogen-bond acceptors (Lipinski definition) is 4. The molecule has 172 valence electrons. The van der Waals surface area contributed by atoms with Crippen LogP contribution in [-0.2, 0) is 11.3 Å². The van der Waals surface area contributed by atoms with Crippen LogP contribution >= 0.6 is 0 Å². The van der Waals surface area contributed by atoms with Gasteiger partial charge in [-0.05, 0) is 48.2 Å². The summed E-state index contributed by atoms with van der Waals surface area (Å²) >= 11 is 0. The molecule has 0 bridgehead atoms. The summed E-state index contributed by atoms with van der Waals surface area (Å²) < 4.78 is 10.7. The highest BCUT2D eigenvalue weighted by Crippen LogP contribution is 2.28. The number of carbonyl (C=O) groups is 2. The number of hydrogen-bond donors (Lipinski definition) is 1. The molecular weight excluding hydrogens is 416 g/mol. The summed E-state index contributed by atoms with van der Waals surface area (Å²) in [7, 11) is 1.61. The Morgan fingerprint density at radius 1 is 1.00 bits per heavy atom. The molecule has 0 saturated heterocycles. The van der Waals surface area contributed by atoms with Gasteiger partial charge in [-0.15, -0.1) is 0 Å². The highest BCUT2D eigenvalue weighted by molar-refractivity contribution is 5.96. The van der Waals surface area contributed by atoms with Crippen LogP contribution in [0.5, 0.6) is 5.75 Å². The van der Waals surface area contributed by atoms with Crippen LogP contribution in [-0.4, -0.2) is 29.9 Å². The first-order valence-corrected chi connectivity index (χ1v) is 11.5. The van der Waals surface area contributed by atoms with E-state index in [0.717, 1.165) is 42.6 Å². The van der Waals surface area contributed by atoms with E-state index in [2.05, 4.69) is 5.32 Å². The predicted octanol–water partition coefficient (Wildman–Crippen LogP) is 5.12. The lowest BCUT2D eigenvalue weighted by molar-refractivity contribution is -0.127. The van der Waals surface area contributed by atoms with Gasteiger partial charge in [-0.3, -0.25) is 9.59 Å². The number of nitrogens with zero attached hydrogens (tertiary/aromatic N) is 1. The van der Waals surface area contributed by atoms with Crippen LogP contribution in [0.1, 0.15) is 59.8 Å². The van der Waals surface area contributed by atoms with E-state index in [1.54, 1.807) is 24.1 Å². The van der Waals surface area contributed by atoms with Gasteiger partial charge in [-0.25, -0.2) is 0 Å². The van der Waals surface area contributed by atoms with Crippen molar-refractivity contribution in [2.24, 2.45) is 0 Å². The predicted molar refractivity (Wildman–Crippen MR) is 126 cm³/mol. The molecule has 0 unspecified atom stereocenters. The molecule has 6 heteroatoms. The van der Waals surface area contributed by atoms with Crippen molar-refractivity contribution < 1.29 is 18.7 Å². The van der Waals surface area contributed by atoms with E-state index in [-0.39, 0.29) is 30.2 Å². The van der Waals surface area contributed by atoms with Gasteiger partial charge < -0.3 is 19.4 Å². The molecule has 1 saturated carbocycles. The van der Waals surface area contributed by atoms with Crippen LogP contribution < -0.4 is 10.1 Å². The molecule has 3 aromatic rings. The highest BCUT2D eigenvalue weighted by atomic mass is 16.5. The maximum atomic E-state index is 13.7. The summed E-state index contributed by atoms with van der Waals surface area (Å²) in [4.78, 5) is 28.8. The molecule has 2 aromatic carbocycles.